The van der Waals surface area contributed by atoms with Gasteiger partial charge in [-0.25, -0.2) is 8.42 Å². The number of hydrogen-bond acceptors (Lipinski definition) is 8. The van der Waals surface area contributed by atoms with E-state index in [1.54, 1.807) is 18.2 Å². The summed E-state index contributed by atoms with van der Waals surface area (Å²) in [5.74, 6) is 0.252. The number of sulfonamides is 1. The van der Waals surface area contributed by atoms with Gasteiger partial charge in [-0.05, 0) is 69.1 Å². The number of unbranched alkanes of at least 4 members (excludes halogenated alkanes) is 1. The maximum atomic E-state index is 13.9. The lowest BCUT2D eigenvalue weighted by atomic mass is 9.95. The molecule has 2 aromatic carbocycles. The third-order valence-electron chi connectivity index (χ3n) is 6.95. The van der Waals surface area contributed by atoms with E-state index in [2.05, 4.69) is 21.8 Å². The summed E-state index contributed by atoms with van der Waals surface area (Å²) in [4.78, 5) is 16.3. The van der Waals surface area contributed by atoms with Crippen LogP contribution in [0.2, 0.25) is 0 Å². The molecule has 0 unspecified atom stereocenters. The lowest BCUT2D eigenvalue weighted by Gasteiger charge is -2.26. The predicted molar refractivity (Wildman–Crippen MR) is 153 cm³/mol. The molecule has 1 aromatic heterocycles. The zero-order valence-corrected chi connectivity index (χ0v) is 23.8. The largest absolute Gasteiger partial charge is 0.491 e. The summed E-state index contributed by atoms with van der Waals surface area (Å²) in [6.07, 6.45) is 7.66. The van der Waals surface area contributed by atoms with Crippen LogP contribution in [0.25, 0.3) is 11.0 Å². The maximum Gasteiger partial charge on any atom is 0.229 e. The molecule has 210 valence electrons. The van der Waals surface area contributed by atoms with Crippen molar-refractivity contribution in [2.45, 2.75) is 51.9 Å². The first-order valence-corrected chi connectivity index (χ1v) is 15.5. The van der Waals surface area contributed by atoms with E-state index in [1.165, 1.54) is 31.4 Å². The van der Waals surface area contributed by atoms with Crippen molar-refractivity contribution in [2.24, 2.45) is 0 Å². The Bertz CT molecular complexity index is 1540. The minimum Gasteiger partial charge on any atom is -0.491 e. The third kappa shape index (κ3) is 7.01. The van der Waals surface area contributed by atoms with Gasteiger partial charge >= 0.3 is 0 Å². The summed E-state index contributed by atoms with van der Waals surface area (Å²) in [6.45, 7) is 5.44. The van der Waals surface area contributed by atoms with E-state index in [0.717, 1.165) is 45.2 Å². The van der Waals surface area contributed by atoms with Crippen LogP contribution in [0.4, 0.5) is 5.69 Å². The van der Waals surface area contributed by atoms with E-state index in [4.69, 9.17) is 9.15 Å². The van der Waals surface area contributed by atoms with Crippen molar-refractivity contribution in [1.82, 2.24) is 4.90 Å². The number of fused-ring (bicyclic) bond motifs is 1. The number of furan rings is 1. The highest BCUT2D eigenvalue weighted by atomic mass is 32.2. The molecule has 4 rings (SSSR count). The van der Waals surface area contributed by atoms with Gasteiger partial charge in [0, 0.05) is 29.6 Å². The number of carbonyl (C=O) groups is 1. The molecular formula is C30H34N4O5S. The van der Waals surface area contributed by atoms with Gasteiger partial charge < -0.3 is 14.1 Å². The Kier molecular flexibility index (Phi) is 9.46. The molecule has 1 aliphatic heterocycles. The SMILES string of the molecule is CCCCc1oc2ccc(NS(C)(=O)=O)cc2c1C(=O)c1cc(C#N)c(OCCCN2CCCCC2)c(C#N)c1. The first-order valence-electron chi connectivity index (χ1n) is 13.7. The minimum atomic E-state index is -3.53. The van der Waals surface area contributed by atoms with Crippen LogP contribution in [0.3, 0.4) is 0 Å². The van der Waals surface area contributed by atoms with Crippen molar-refractivity contribution in [1.29, 1.82) is 10.5 Å². The number of nitriles is 2. The molecule has 1 aliphatic rings. The van der Waals surface area contributed by atoms with E-state index < -0.39 is 15.8 Å². The summed E-state index contributed by atoms with van der Waals surface area (Å²) in [7, 11) is -3.53. The van der Waals surface area contributed by atoms with Crippen LogP contribution in [-0.2, 0) is 16.4 Å². The second-order valence-corrected chi connectivity index (χ2v) is 11.9. The molecule has 1 N–H and O–H groups in total. The van der Waals surface area contributed by atoms with Crippen molar-refractivity contribution in [2.75, 3.05) is 37.2 Å². The zero-order chi connectivity index (χ0) is 28.7. The fourth-order valence-electron chi connectivity index (χ4n) is 5.06. The van der Waals surface area contributed by atoms with Crippen LogP contribution in [0.1, 0.15) is 78.3 Å². The first kappa shape index (κ1) is 29.1. The quantitative estimate of drug-likeness (QED) is 0.230. The Hall–Kier alpha value is -3.86. The molecule has 0 radical (unpaired) electrons. The summed E-state index contributed by atoms with van der Waals surface area (Å²) in [5, 5.41) is 20.2. The number of rotatable bonds is 12. The lowest BCUT2D eigenvalue weighted by Crippen LogP contribution is -2.31. The van der Waals surface area contributed by atoms with Gasteiger partial charge in [-0.3, -0.25) is 9.52 Å². The molecule has 3 aromatic rings. The molecule has 40 heavy (non-hydrogen) atoms. The standard InChI is InChI=1S/C30H34N4O5S/c1-3-4-9-27-28(25-18-24(33-40(2,36)37)10-11-26(25)39-27)29(35)21-16-22(19-31)30(23(17-21)20-32)38-15-8-14-34-12-6-5-7-13-34/h10-11,16-18,33H,3-9,12-15H2,1-2H3. The van der Waals surface area contributed by atoms with Gasteiger partial charge in [0.2, 0.25) is 10.0 Å². The zero-order valence-electron chi connectivity index (χ0n) is 23.0. The number of carbonyl (C=O) groups excluding carboxylic acids is 1. The van der Waals surface area contributed by atoms with Crippen LogP contribution < -0.4 is 9.46 Å². The number of benzene rings is 2. The Morgan fingerprint density at radius 2 is 1.77 bits per heavy atom. The molecular weight excluding hydrogens is 528 g/mol. The molecule has 0 aliphatic carbocycles. The van der Waals surface area contributed by atoms with Gasteiger partial charge in [0.15, 0.2) is 11.5 Å². The lowest BCUT2D eigenvalue weighted by molar-refractivity contribution is 0.103. The molecule has 0 spiro atoms. The molecule has 1 saturated heterocycles. The van der Waals surface area contributed by atoms with Gasteiger partial charge in [0.05, 0.1) is 29.6 Å². The summed E-state index contributed by atoms with van der Waals surface area (Å²) < 4.78 is 38.0. The number of likely N-dealkylation sites (tertiary alicyclic amines) is 1. The molecule has 9 nitrogen and oxygen atoms in total. The van der Waals surface area contributed by atoms with Crippen LogP contribution >= 0.6 is 0 Å². The monoisotopic (exact) mass is 562 g/mol. The van der Waals surface area contributed by atoms with Crippen LogP contribution in [0.15, 0.2) is 34.7 Å². The third-order valence-corrected chi connectivity index (χ3v) is 7.56. The summed E-state index contributed by atoms with van der Waals surface area (Å²) >= 11 is 0. The molecule has 10 heteroatoms. The van der Waals surface area contributed by atoms with Crippen molar-refractivity contribution in [3.63, 3.8) is 0 Å². The number of hydrogen-bond donors (Lipinski definition) is 1. The highest BCUT2D eigenvalue weighted by Crippen LogP contribution is 2.34. The highest BCUT2D eigenvalue weighted by Gasteiger charge is 2.25. The Labute approximate surface area is 235 Å². The van der Waals surface area contributed by atoms with E-state index in [0.29, 0.717) is 41.0 Å². The molecule has 0 saturated carbocycles. The van der Waals surface area contributed by atoms with Crippen molar-refractivity contribution >= 4 is 32.5 Å². The normalized spacial score (nSPS) is 14.0. The van der Waals surface area contributed by atoms with E-state index in [9.17, 15) is 23.7 Å². The Morgan fingerprint density at radius 3 is 2.40 bits per heavy atom. The number of nitrogens with one attached hydrogen (secondary N) is 1. The smallest absolute Gasteiger partial charge is 0.229 e. The maximum absolute atomic E-state index is 13.9. The van der Waals surface area contributed by atoms with Gasteiger partial charge in [0.25, 0.3) is 0 Å². The van der Waals surface area contributed by atoms with E-state index in [-0.39, 0.29) is 22.4 Å². The average molecular weight is 563 g/mol. The summed E-state index contributed by atoms with van der Waals surface area (Å²) in [6, 6.07) is 11.8. The number of ether oxygens (including phenoxy) is 1. The van der Waals surface area contributed by atoms with E-state index >= 15 is 0 Å². The van der Waals surface area contributed by atoms with Crippen LogP contribution in [0.5, 0.6) is 5.75 Å². The van der Waals surface area contributed by atoms with Gasteiger partial charge in [0.1, 0.15) is 23.5 Å². The highest BCUT2D eigenvalue weighted by molar-refractivity contribution is 7.92. The second-order valence-electron chi connectivity index (χ2n) is 10.1. The molecule has 1 fully saturated rings. The summed E-state index contributed by atoms with van der Waals surface area (Å²) in [5.41, 5.74) is 1.43. The van der Waals surface area contributed by atoms with Gasteiger partial charge in [-0.1, -0.05) is 19.8 Å². The Balaban J connectivity index is 1.66. The second kappa shape index (κ2) is 13.0. The van der Waals surface area contributed by atoms with Gasteiger partial charge in [-0.2, -0.15) is 10.5 Å². The topological polar surface area (TPSA) is 136 Å². The number of nitrogens with zero attached hydrogens (tertiary/aromatic N) is 3. The average Bonchev–Trinajstić information content (AvgIpc) is 3.30. The van der Waals surface area contributed by atoms with Crippen molar-refractivity contribution in [3.8, 4) is 17.9 Å². The van der Waals surface area contributed by atoms with Gasteiger partial charge in [-0.15, -0.1) is 0 Å². The number of anilines is 1. The minimum absolute atomic E-state index is 0.114. The van der Waals surface area contributed by atoms with Crippen LogP contribution in [-0.4, -0.2) is 51.6 Å². The van der Waals surface area contributed by atoms with Crippen molar-refractivity contribution in [3.05, 3.63) is 58.3 Å². The van der Waals surface area contributed by atoms with Crippen molar-refractivity contribution < 1.29 is 22.4 Å². The van der Waals surface area contributed by atoms with E-state index in [1.807, 2.05) is 6.92 Å². The number of piperidine rings is 1. The molecule has 0 bridgehead atoms. The Morgan fingerprint density at radius 1 is 1.07 bits per heavy atom. The fraction of sp³-hybridized carbons (Fsp3) is 0.433. The number of aryl methyl sites for hydroxylation is 1. The van der Waals surface area contributed by atoms with Crippen LogP contribution in [0, 0.1) is 22.7 Å². The molecule has 0 atom stereocenters. The molecule has 2 heterocycles. The molecule has 0 amide bonds. The first-order chi connectivity index (χ1) is 19.2. The predicted octanol–water partition coefficient (Wildman–Crippen LogP) is 5.38. The fourth-order valence-corrected chi connectivity index (χ4v) is 5.61. The number of ketones is 1.